The van der Waals surface area contributed by atoms with E-state index in [4.69, 9.17) is 0 Å². The number of hydrogen-bond acceptors (Lipinski definition) is 8. The lowest BCUT2D eigenvalue weighted by Crippen LogP contribution is -2.74. The summed E-state index contributed by atoms with van der Waals surface area (Å²) in [4.78, 5) is 40.3. The fourth-order valence-electron chi connectivity index (χ4n) is 5.44. The molecule has 0 bridgehead atoms. The Hall–Kier alpha value is -4.04. The zero-order valence-corrected chi connectivity index (χ0v) is 22.1. The zero-order chi connectivity index (χ0) is 28.5. The number of halogens is 3. The molecule has 0 aliphatic carbocycles. The minimum absolute atomic E-state index is 0.173. The van der Waals surface area contributed by atoms with Crippen LogP contribution in [-0.4, -0.2) is 64.9 Å². The second kappa shape index (κ2) is 10.5. The highest BCUT2D eigenvalue weighted by Crippen LogP contribution is 2.54. The van der Waals surface area contributed by atoms with Crippen LogP contribution >= 0.6 is 11.3 Å². The number of aliphatic carboxylic acids is 1. The van der Waals surface area contributed by atoms with Crippen molar-refractivity contribution in [3.8, 4) is 11.3 Å². The molecule has 40 heavy (non-hydrogen) atoms. The van der Waals surface area contributed by atoms with E-state index in [1.54, 1.807) is 42.9 Å². The van der Waals surface area contributed by atoms with Gasteiger partial charge >= 0.3 is 18.2 Å². The molecule has 3 atom stereocenters. The van der Waals surface area contributed by atoms with Gasteiger partial charge in [-0.1, -0.05) is 6.07 Å². The number of urea groups is 1. The van der Waals surface area contributed by atoms with Crippen molar-refractivity contribution < 1.29 is 27.9 Å². The summed E-state index contributed by atoms with van der Waals surface area (Å²) in [5, 5.41) is 18.2. The standard InChI is InChI=1S/C26H26F3N7O3S/c1-2-31-23(39)35-25(20-14-30-10-7-24(20,22(37)38)26(27,28)29)34-9-5-11-36(25)16-12-17(18-6-3-4-8-32-18)21-19(13-16)33-15-40-21/h3-6,8-9,11-13,15,20,30H,2,7,10,14H2,1H3,(H,37,38)(H2,31,35,39). The number of hydrogen-bond donors (Lipinski definition) is 4. The summed E-state index contributed by atoms with van der Waals surface area (Å²) in [5.41, 5.74) is 0.617. The van der Waals surface area contributed by atoms with Crippen molar-refractivity contribution in [3.05, 3.63) is 54.3 Å². The minimum Gasteiger partial charge on any atom is -0.481 e. The number of alkyl halides is 3. The van der Waals surface area contributed by atoms with Gasteiger partial charge in [-0.3, -0.25) is 15.1 Å². The third kappa shape index (κ3) is 4.46. The van der Waals surface area contributed by atoms with Gasteiger partial charge < -0.3 is 20.6 Å². The number of aliphatic imine (C=N–C) groups is 1. The van der Waals surface area contributed by atoms with Gasteiger partial charge in [0.1, 0.15) is 0 Å². The predicted octanol–water partition coefficient (Wildman–Crippen LogP) is 3.98. The van der Waals surface area contributed by atoms with E-state index in [1.165, 1.54) is 34.7 Å². The fraction of sp³-hybridized carbons (Fsp3) is 0.346. The van der Waals surface area contributed by atoms with E-state index in [1.807, 2.05) is 6.07 Å². The number of nitrogens with zero attached hydrogens (tertiary/aromatic N) is 4. The summed E-state index contributed by atoms with van der Waals surface area (Å²) < 4.78 is 45.4. The molecule has 1 fully saturated rings. The van der Waals surface area contributed by atoms with Gasteiger partial charge in [0.15, 0.2) is 5.41 Å². The maximum Gasteiger partial charge on any atom is 0.405 e. The third-order valence-corrected chi connectivity index (χ3v) is 8.12. The van der Waals surface area contributed by atoms with Crippen molar-refractivity contribution in [1.29, 1.82) is 0 Å². The van der Waals surface area contributed by atoms with Gasteiger partial charge in [-0.25, -0.2) is 14.8 Å². The quantitative estimate of drug-likeness (QED) is 0.351. The number of carbonyl (C=O) groups excluding carboxylic acids is 1. The molecular formula is C26H26F3N7O3S. The number of benzene rings is 1. The van der Waals surface area contributed by atoms with Gasteiger partial charge in [0.05, 0.1) is 27.3 Å². The second-order valence-corrected chi connectivity index (χ2v) is 10.2. The SMILES string of the molecule is CCNC(=O)NC1(C2CNCCC2(C(=O)O)C(F)(F)F)N=CC=CN1c1cc(-c2ccccn2)c2scnc2c1. The first-order chi connectivity index (χ1) is 19.1. The molecule has 14 heteroatoms. The first-order valence-corrected chi connectivity index (χ1v) is 13.4. The van der Waals surface area contributed by atoms with E-state index in [0.717, 1.165) is 4.70 Å². The Labute approximate surface area is 231 Å². The van der Waals surface area contributed by atoms with Gasteiger partial charge in [0.25, 0.3) is 0 Å². The lowest BCUT2D eigenvalue weighted by Gasteiger charge is -2.53. The number of amides is 2. The Bertz CT molecular complexity index is 1480. The Kier molecular flexibility index (Phi) is 7.23. The highest BCUT2D eigenvalue weighted by atomic mass is 32.1. The maximum atomic E-state index is 14.8. The van der Waals surface area contributed by atoms with Crippen LogP contribution in [0, 0.1) is 11.3 Å². The molecule has 2 amide bonds. The van der Waals surface area contributed by atoms with Gasteiger partial charge in [0, 0.05) is 43.0 Å². The number of carboxylic acids is 1. The Morgan fingerprint density at radius 3 is 2.80 bits per heavy atom. The molecule has 3 aromatic rings. The van der Waals surface area contributed by atoms with Crippen LogP contribution in [0.1, 0.15) is 13.3 Å². The molecule has 2 aliphatic heterocycles. The molecule has 1 aromatic carbocycles. The van der Waals surface area contributed by atoms with Crippen LogP contribution in [-0.2, 0) is 4.79 Å². The number of fused-ring (bicyclic) bond motifs is 1. The van der Waals surface area contributed by atoms with Crippen molar-refractivity contribution in [2.45, 2.75) is 25.3 Å². The molecule has 2 aliphatic rings. The summed E-state index contributed by atoms with van der Waals surface area (Å²) in [5.74, 6) is -5.99. The van der Waals surface area contributed by atoms with Gasteiger partial charge in [-0.15, -0.1) is 11.3 Å². The van der Waals surface area contributed by atoms with Crippen molar-refractivity contribution in [3.63, 3.8) is 0 Å². The van der Waals surface area contributed by atoms with Crippen molar-refractivity contribution in [2.24, 2.45) is 16.3 Å². The van der Waals surface area contributed by atoms with E-state index < -0.39 is 41.7 Å². The molecule has 4 N–H and O–H groups in total. The van der Waals surface area contributed by atoms with Crippen molar-refractivity contribution >= 4 is 45.5 Å². The Morgan fingerprint density at radius 1 is 1.27 bits per heavy atom. The number of rotatable bonds is 6. The highest BCUT2D eigenvalue weighted by Gasteiger charge is 2.71. The Balaban J connectivity index is 1.76. The number of carboxylic acid groups (broad SMARTS) is 1. The summed E-state index contributed by atoms with van der Waals surface area (Å²) in [6.07, 6.45) is -0.0166. The van der Waals surface area contributed by atoms with Crippen LogP contribution in [0.15, 0.2) is 59.3 Å². The van der Waals surface area contributed by atoms with Gasteiger partial charge in [-0.05, 0) is 50.2 Å². The van der Waals surface area contributed by atoms with E-state index in [9.17, 15) is 27.9 Å². The molecular weight excluding hydrogens is 547 g/mol. The van der Waals surface area contributed by atoms with E-state index in [2.05, 4.69) is 30.9 Å². The number of carbonyl (C=O) groups is 2. The zero-order valence-electron chi connectivity index (χ0n) is 21.3. The van der Waals surface area contributed by atoms with Crippen LogP contribution in [0.2, 0.25) is 0 Å². The molecule has 0 radical (unpaired) electrons. The van der Waals surface area contributed by atoms with E-state index in [0.29, 0.717) is 22.5 Å². The van der Waals surface area contributed by atoms with Crippen LogP contribution in [0.3, 0.4) is 0 Å². The molecule has 210 valence electrons. The molecule has 1 saturated heterocycles. The lowest BCUT2D eigenvalue weighted by atomic mass is 9.66. The van der Waals surface area contributed by atoms with Crippen LogP contribution < -0.4 is 20.9 Å². The summed E-state index contributed by atoms with van der Waals surface area (Å²) in [6, 6.07) is 7.98. The minimum atomic E-state index is -5.15. The first kappa shape index (κ1) is 27.5. The summed E-state index contributed by atoms with van der Waals surface area (Å²) in [6.45, 7) is 1.28. The van der Waals surface area contributed by atoms with Crippen molar-refractivity contribution in [2.75, 3.05) is 24.5 Å². The first-order valence-electron chi connectivity index (χ1n) is 12.5. The topological polar surface area (TPSA) is 132 Å². The fourth-order valence-corrected chi connectivity index (χ4v) is 6.23. The monoisotopic (exact) mass is 573 g/mol. The number of allylic oxidation sites excluding steroid dienone is 1. The Morgan fingerprint density at radius 2 is 2.10 bits per heavy atom. The molecule has 4 heterocycles. The third-order valence-electron chi connectivity index (χ3n) is 7.24. The molecule has 0 saturated carbocycles. The number of thiazole rings is 1. The van der Waals surface area contributed by atoms with Crippen LogP contribution in [0.25, 0.3) is 21.5 Å². The van der Waals surface area contributed by atoms with Crippen LogP contribution in [0.4, 0.5) is 23.7 Å². The molecule has 5 rings (SSSR count). The number of piperidine rings is 1. The normalized spacial score (nSPS) is 24.7. The van der Waals surface area contributed by atoms with E-state index >= 15 is 0 Å². The number of aromatic nitrogens is 2. The summed E-state index contributed by atoms with van der Waals surface area (Å²) in [7, 11) is 0. The van der Waals surface area contributed by atoms with Crippen LogP contribution in [0.5, 0.6) is 0 Å². The average Bonchev–Trinajstić information content (AvgIpc) is 3.41. The summed E-state index contributed by atoms with van der Waals surface area (Å²) >= 11 is 1.38. The van der Waals surface area contributed by atoms with Crippen molar-refractivity contribution in [1.82, 2.24) is 25.9 Å². The molecule has 2 aromatic heterocycles. The van der Waals surface area contributed by atoms with Gasteiger partial charge in [-0.2, -0.15) is 13.2 Å². The molecule has 10 nitrogen and oxygen atoms in total. The molecule has 0 spiro atoms. The molecule has 3 unspecified atom stereocenters. The van der Waals surface area contributed by atoms with Gasteiger partial charge in [0.2, 0.25) is 5.79 Å². The second-order valence-electron chi connectivity index (χ2n) is 9.39. The maximum absolute atomic E-state index is 14.8. The lowest BCUT2D eigenvalue weighted by molar-refractivity contribution is -0.259. The number of nitrogens with one attached hydrogen (secondary N) is 3. The largest absolute Gasteiger partial charge is 0.481 e. The predicted molar refractivity (Wildman–Crippen MR) is 145 cm³/mol. The average molecular weight is 574 g/mol. The number of pyridine rings is 1. The smallest absolute Gasteiger partial charge is 0.405 e. The van der Waals surface area contributed by atoms with E-state index in [-0.39, 0.29) is 19.6 Å². The number of anilines is 1. The highest BCUT2D eigenvalue weighted by molar-refractivity contribution is 7.17.